The van der Waals surface area contributed by atoms with Crippen LogP contribution in [0.15, 0.2) is 24.3 Å². The summed E-state index contributed by atoms with van der Waals surface area (Å²) in [6.07, 6.45) is 5.55. The standard InChI is InChI=1S/C22H32F4OSi/c23-14-4-5-15-28-16-10-19(11-17-28)21(12-2-1-3-13-21)18-6-8-20(9-7-18)27-22(24,25)26/h6-9,19,28H,1-5,10-17H2. The van der Waals surface area contributed by atoms with Crippen molar-refractivity contribution in [3.63, 3.8) is 0 Å². The second-order valence-electron chi connectivity index (χ2n) is 8.69. The first kappa shape index (κ1) is 21.7. The molecule has 1 aliphatic heterocycles. The van der Waals surface area contributed by atoms with E-state index in [-0.39, 0.29) is 17.8 Å². The topological polar surface area (TPSA) is 9.23 Å². The van der Waals surface area contributed by atoms with Crippen molar-refractivity contribution in [3.05, 3.63) is 29.8 Å². The lowest BCUT2D eigenvalue weighted by Gasteiger charge is -2.47. The SMILES string of the molecule is FCCCC[SiH]1CCC(C2(c3ccc(OC(F)(F)F)cc3)CCCCC2)CC1. The van der Waals surface area contributed by atoms with Gasteiger partial charge in [0.15, 0.2) is 0 Å². The van der Waals surface area contributed by atoms with E-state index in [0.717, 1.165) is 19.3 Å². The Morgan fingerprint density at radius 2 is 1.61 bits per heavy atom. The highest BCUT2D eigenvalue weighted by molar-refractivity contribution is 6.58. The van der Waals surface area contributed by atoms with Gasteiger partial charge in [-0.05, 0) is 48.3 Å². The van der Waals surface area contributed by atoms with Crippen molar-refractivity contribution < 1.29 is 22.3 Å². The normalized spacial score (nSPS) is 25.4. The Labute approximate surface area is 167 Å². The predicted molar refractivity (Wildman–Crippen MR) is 107 cm³/mol. The van der Waals surface area contributed by atoms with Crippen LogP contribution in [0.25, 0.3) is 0 Å². The van der Waals surface area contributed by atoms with E-state index in [1.807, 2.05) is 12.1 Å². The van der Waals surface area contributed by atoms with Crippen molar-refractivity contribution in [1.82, 2.24) is 0 Å². The lowest BCUT2D eigenvalue weighted by Crippen LogP contribution is -2.40. The molecule has 1 saturated carbocycles. The molecule has 1 heterocycles. The number of benzene rings is 1. The van der Waals surface area contributed by atoms with Gasteiger partial charge in [-0.15, -0.1) is 13.2 Å². The van der Waals surface area contributed by atoms with E-state index in [0.29, 0.717) is 12.3 Å². The van der Waals surface area contributed by atoms with Gasteiger partial charge in [-0.2, -0.15) is 0 Å². The molecule has 2 aliphatic rings. The number of unbranched alkanes of at least 4 members (excludes halogenated alkanes) is 1. The summed E-state index contributed by atoms with van der Waals surface area (Å²) in [5.74, 6) is 0.498. The van der Waals surface area contributed by atoms with Crippen molar-refractivity contribution in [2.24, 2.45) is 5.92 Å². The highest BCUT2D eigenvalue weighted by Crippen LogP contribution is 2.50. The van der Waals surface area contributed by atoms with Gasteiger partial charge in [0, 0.05) is 8.80 Å². The molecule has 0 radical (unpaired) electrons. The molecule has 0 aromatic heterocycles. The second-order valence-corrected chi connectivity index (χ2v) is 12.2. The van der Waals surface area contributed by atoms with Gasteiger partial charge in [0.05, 0.1) is 6.67 Å². The minimum Gasteiger partial charge on any atom is -0.406 e. The average Bonchev–Trinajstić information content (AvgIpc) is 2.69. The fourth-order valence-electron chi connectivity index (χ4n) is 5.64. The molecular weight excluding hydrogens is 384 g/mol. The van der Waals surface area contributed by atoms with Gasteiger partial charge in [-0.25, -0.2) is 0 Å². The maximum Gasteiger partial charge on any atom is 0.573 e. The minimum absolute atomic E-state index is 0.118. The summed E-state index contributed by atoms with van der Waals surface area (Å²) in [6.45, 7) is -0.194. The molecule has 2 fully saturated rings. The van der Waals surface area contributed by atoms with Crippen molar-refractivity contribution in [2.45, 2.75) is 87.7 Å². The van der Waals surface area contributed by atoms with Gasteiger partial charge in [0.1, 0.15) is 5.75 Å². The third-order valence-electron chi connectivity index (χ3n) is 7.03. The van der Waals surface area contributed by atoms with Crippen molar-refractivity contribution >= 4 is 8.80 Å². The van der Waals surface area contributed by atoms with Crippen LogP contribution < -0.4 is 4.74 Å². The monoisotopic (exact) mass is 416 g/mol. The molecule has 0 spiro atoms. The number of hydrogen-bond acceptors (Lipinski definition) is 1. The Morgan fingerprint density at radius 1 is 0.964 bits per heavy atom. The second kappa shape index (κ2) is 9.64. The number of halogens is 4. The summed E-state index contributed by atoms with van der Waals surface area (Å²) in [5, 5.41) is 0. The van der Waals surface area contributed by atoms with Gasteiger partial charge in [0.25, 0.3) is 0 Å². The Balaban J connectivity index is 1.69. The van der Waals surface area contributed by atoms with Crippen LogP contribution in [0.2, 0.25) is 18.1 Å². The highest BCUT2D eigenvalue weighted by Gasteiger charge is 2.42. The Morgan fingerprint density at radius 3 is 2.18 bits per heavy atom. The van der Waals surface area contributed by atoms with Crippen LogP contribution in [0.5, 0.6) is 5.75 Å². The molecule has 28 heavy (non-hydrogen) atoms. The molecule has 1 aromatic rings. The number of hydrogen-bond donors (Lipinski definition) is 0. The first-order chi connectivity index (χ1) is 13.4. The molecule has 158 valence electrons. The lowest BCUT2D eigenvalue weighted by molar-refractivity contribution is -0.274. The Hall–Kier alpha value is -1.04. The fraction of sp³-hybridized carbons (Fsp3) is 0.727. The van der Waals surface area contributed by atoms with E-state index in [2.05, 4.69) is 4.74 Å². The van der Waals surface area contributed by atoms with Gasteiger partial charge in [-0.3, -0.25) is 4.39 Å². The van der Waals surface area contributed by atoms with Crippen LogP contribution in [0.1, 0.15) is 63.4 Å². The Kier molecular flexibility index (Phi) is 7.46. The van der Waals surface area contributed by atoms with Crippen molar-refractivity contribution in [3.8, 4) is 5.75 Å². The molecule has 0 N–H and O–H groups in total. The summed E-state index contributed by atoms with van der Waals surface area (Å²) in [7, 11) is -0.719. The maximum atomic E-state index is 12.5. The van der Waals surface area contributed by atoms with Gasteiger partial charge < -0.3 is 4.74 Å². The van der Waals surface area contributed by atoms with E-state index >= 15 is 0 Å². The molecule has 3 rings (SSSR count). The summed E-state index contributed by atoms with van der Waals surface area (Å²) in [4.78, 5) is 0. The number of ether oxygens (including phenoxy) is 1. The third-order valence-corrected chi connectivity index (χ3v) is 10.6. The first-order valence-electron chi connectivity index (χ1n) is 10.9. The quantitative estimate of drug-likeness (QED) is 0.260. The van der Waals surface area contributed by atoms with Gasteiger partial charge >= 0.3 is 6.36 Å². The van der Waals surface area contributed by atoms with Gasteiger partial charge in [0.2, 0.25) is 0 Å². The maximum absolute atomic E-state index is 12.5. The first-order valence-corrected chi connectivity index (χ1v) is 13.3. The fourth-order valence-corrected chi connectivity index (χ4v) is 9.11. The van der Waals surface area contributed by atoms with E-state index in [9.17, 15) is 17.6 Å². The molecule has 1 aromatic carbocycles. The number of alkyl halides is 4. The molecule has 0 unspecified atom stereocenters. The average molecular weight is 417 g/mol. The minimum atomic E-state index is -4.64. The zero-order valence-corrected chi connectivity index (χ0v) is 17.7. The zero-order chi connectivity index (χ0) is 20.0. The molecule has 1 aliphatic carbocycles. The van der Waals surface area contributed by atoms with E-state index in [1.165, 1.54) is 67.9 Å². The summed E-state index contributed by atoms with van der Waals surface area (Å²) >= 11 is 0. The van der Waals surface area contributed by atoms with E-state index in [4.69, 9.17) is 0 Å². The van der Waals surface area contributed by atoms with E-state index < -0.39 is 15.2 Å². The largest absolute Gasteiger partial charge is 0.573 e. The van der Waals surface area contributed by atoms with Crippen molar-refractivity contribution in [1.29, 1.82) is 0 Å². The smallest absolute Gasteiger partial charge is 0.406 e. The molecule has 0 bridgehead atoms. The molecule has 0 atom stereocenters. The zero-order valence-electron chi connectivity index (χ0n) is 16.6. The molecule has 0 amide bonds. The van der Waals surface area contributed by atoms with E-state index in [1.54, 1.807) is 0 Å². The van der Waals surface area contributed by atoms with Crippen LogP contribution in [0.4, 0.5) is 17.6 Å². The molecular formula is C22H32F4OSi. The van der Waals surface area contributed by atoms with Crippen LogP contribution in [0.3, 0.4) is 0 Å². The van der Waals surface area contributed by atoms with Gasteiger partial charge in [-0.1, -0.05) is 68.8 Å². The van der Waals surface area contributed by atoms with Crippen LogP contribution >= 0.6 is 0 Å². The van der Waals surface area contributed by atoms with Crippen molar-refractivity contribution in [2.75, 3.05) is 6.67 Å². The summed E-state index contributed by atoms with van der Waals surface area (Å²) in [6, 6.07) is 10.7. The Bertz CT molecular complexity index is 588. The van der Waals surface area contributed by atoms with Crippen LogP contribution in [0, 0.1) is 5.92 Å². The lowest BCUT2D eigenvalue weighted by atomic mass is 9.60. The van der Waals surface area contributed by atoms with Crippen LogP contribution in [-0.4, -0.2) is 21.8 Å². The molecule has 1 saturated heterocycles. The third kappa shape index (κ3) is 5.52. The summed E-state index contributed by atoms with van der Waals surface area (Å²) in [5.41, 5.74) is 1.32. The summed E-state index contributed by atoms with van der Waals surface area (Å²) < 4.78 is 53.8. The predicted octanol–water partition coefficient (Wildman–Crippen LogP) is 7.17. The molecule has 6 heteroatoms. The van der Waals surface area contributed by atoms with Crippen LogP contribution in [-0.2, 0) is 5.41 Å². The molecule has 1 nitrogen and oxygen atoms in total. The number of rotatable bonds is 7. The highest BCUT2D eigenvalue weighted by atomic mass is 28.3.